The van der Waals surface area contributed by atoms with Crippen LogP contribution in [0.2, 0.25) is 5.02 Å². The van der Waals surface area contributed by atoms with E-state index in [0.717, 1.165) is 15.7 Å². The standard InChI is InChI=1S/C14H12BrClN2O2/c1-9(10-2-5-12(6-3-10)18(19)20)17-11-4-7-14(16)13(15)8-11/h2-9,17H,1H3. The maximum Gasteiger partial charge on any atom is 0.269 e. The van der Waals surface area contributed by atoms with Gasteiger partial charge < -0.3 is 5.32 Å². The maximum absolute atomic E-state index is 10.6. The Bertz CT molecular complexity index is 632. The zero-order valence-electron chi connectivity index (χ0n) is 10.6. The van der Waals surface area contributed by atoms with Crippen molar-refractivity contribution in [3.05, 3.63) is 67.6 Å². The average Bonchev–Trinajstić information content (AvgIpc) is 2.43. The van der Waals surface area contributed by atoms with Gasteiger partial charge in [-0.05, 0) is 46.6 Å². The number of halogens is 2. The van der Waals surface area contributed by atoms with Gasteiger partial charge in [-0.2, -0.15) is 0 Å². The number of benzene rings is 2. The smallest absolute Gasteiger partial charge is 0.269 e. The van der Waals surface area contributed by atoms with Crippen molar-refractivity contribution in [2.24, 2.45) is 0 Å². The van der Waals surface area contributed by atoms with Gasteiger partial charge in [0.1, 0.15) is 0 Å². The van der Waals surface area contributed by atoms with Crippen LogP contribution in [0.3, 0.4) is 0 Å². The van der Waals surface area contributed by atoms with Crippen molar-refractivity contribution in [2.75, 3.05) is 5.32 Å². The molecule has 2 aromatic carbocycles. The molecule has 1 atom stereocenters. The number of rotatable bonds is 4. The summed E-state index contributed by atoms with van der Waals surface area (Å²) in [5.74, 6) is 0. The zero-order valence-corrected chi connectivity index (χ0v) is 13.0. The van der Waals surface area contributed by atoms with Crippen LogP contribution in [0, 0.1) is 10.1 Å². The third-order valence-corrected chi connectivity index (χ3v) is 4.12. The molecule has 0 saturated carbocycles. The van der Waals surface area contributed by atoms with Gasteiger partial charge in [-0.3, -0.25) is 10.1 Å². The second-order valence-electron chi connectivity index (χ2n) is 4.34. The van der Waals surface area contributed by atoms with Gasteiger partial charge >= 0.3 is 0 Å². The first-order valence-corrected chi connectivity index (χ1v) is 7.10. The highest BCUT2D eigenvalue weighted by Crippen LogP contribution is 2.28. The molecule has 0 heterocycles. The molecule has 0 amide bonds. The summed E-state index contributed by atoms with van der Waals surface area (Å²) in [4.78, 5) is 10.2. The number of anilines is 1. The molecule has 2 rings (SSSR count). The first kappa shape index (κ1) is 14.8. The van der Waals surface area contributed by atoms with Crippen LogP contribution in [0.4, 0.5) is 11.4 Å². The Kier molecular flexibility index (Phi) is 4.62. The van der Waals surface area contributed by atoms with Gasteiger partial charge in [-0.1, -0.05) is 23.7 Å². The molecule has 0 fully saturated rings. The first-order valence-electron chi connectivity index (χ1n) is 5.93. The summed E-state index contributed by atoms with van der Waals surface area (Å²) in [6.45, 7) is 1.99. The lowest BCUT2D eigenvalue weighted by Crippen LogP contribution is -2.06. The Morgan fingerprint density at radius 2 is 1.90 bits per heavy atom. The van der Waals surface area contributed by atoms with Crippen LogP contribution in [-0.2, 0) is 0 Å². The minimum Gasteiger partial charge on any atom is -0.378 e. The van der Waals surface area contributed by atoms with Gasteiger partial charge in [-0.25, -0.2) is 0 Å². The molecule has 0 aromatic heterocycles. The highest BCUT2D eigenvalue weighted by atomic mass is 79.9. The molecule has 0 saturated heterocycles. The monoisotopic (exact) mass is 354 g/mol. The van der Waals surface area contributed by atoms with Crippen LogP contribution < -0.4 is 5.32 Å². The van der Waals surface area contributed by atoms with E-state index in [1.165, 1.54) is 12.1 Å². The van der Waals surface area contributed by atoms with E-state index in [1.807, 2.05) is 19.1 Å². The van der Waals surface area contributed by atoms with Crippen molar-refractivity contribution in [2.45, 2.75) is 13.0 Å². The number of nitrogens with zero attached hydrogens (tertiary/aromatic N) is 1. The van der Waals surface area contributed by atoms with E-state index in [-0.39, 0.29) is 11.7 Å². The highest BCUT2D eigenvalue weighted by Gasteiger charge is 2.09. The van der Waals surface area contributed by atoms with Crippen LogP contribution >= 0.6 is 27.5 Å². The summed E-state index contributed by atoms with van der Waals surface area (Å²) < 4.78 is 0.820. The molecule has 0 spiro atoms. The average molecular weight is 356 g/mol. The molecule has 4 nitrogen and oxygen atoms in total. The van der Waals surface area contributed by atoms with Gasteiger partial charge in [0.2, 0.25) is 0 Å². The van der Waals surface area contributed by atoms with E-state index >= 15 is 0 Å². The Labute approximate surface area is 130 Å². The Morgan fingerprint density at radius 3 is 2.45 bits per heavy atom. The van der Waals surface area contributed by atoms with E-state index < -0.39 is 4.92 Å². The summed E-state index contributed by atoms with van der Waals surface area (Å²) in [5, 5.41) is 14.6. The number of non-ortho nitro benzene ring substituents is 1. The van der Waals surface area contributed by atoms with Crippen molar-refractivity contribution >= 4 is 38.9 Å². The fourth-order valence-electron chi connectivity index (χ4n) is 1.80. The third kappa shape index (κ3) is 3.49. The zero-order chi connectivity index (χ0) is 14.7. The summed E-state index contributed by atoms with van der Waals surface area (Å²) in [5.41, 5.74) is 1.99. The lowest BCUT2D eigenvalue weighted by atomic mass is 10.1. The number of hydrogen-bond donors (Lipinski definition) is 1. The number of hydrogen-bond acceptors (Lipinski definition) is 3. The number of nitro groups is 1. The quantitative estimate of drug-likeness (QED) is 0.607. The van der Waals surface area contributed by atoms with Crippen LogP contribution in [0.25, 0.3) is 0 Å². The third-order valence-electron chi connectivity index (χ3n) is 2.91. The molecule has 1 N–H and O–H groups in total. The molecule has 20 heavy (non-hydrogen) atoms. The highest BCUT2D eigenvalue weighted by molar-refractivity contribution is 9.10. The molecule has 104 valence electrons. The molecule has 1 unspecified atom stereocenters. The van der Waals surface area contributed by atoms with Gasteiger partial charge in [0, 0.05) is 28.3 Å². The normalized spacial score (nSPS) is 11.9. The largest absolute Gasteiger partial charge is 0.378 e. The van der Waals surface area contributed by atoms with Crippen molar-refractivity contribution in [1.82, 2.24) is 0 Å². The topological polar surface area (TPSA) is 55.2 Å². The number of nitrogens with one attached hydrogen (secondary N) is 1. The van der Waals surface area contributed by atoms with Crippen molar-refractivity contribution < 1.29 is 4.92 Å². The van der Waals surface area contributed by atoms with Crippen LogP contribution in [-0.4, -0.2) is 4.92 Å². The number of nitro benzene ring substituents is 1. The van der Waals surface area contributed by atoms with E-state index in [0.29, 0.717) is 5.02 Å². The molecule has 0 aliphatic heterocycles. The van der Waals surface area contributed by atoms with Gasteiger partial charge in [0.15, 0.2) is 0 Å². The lowest BCUT2D eigenvalue weighted by Gasteiger charge is -2.16. The molecular formula is C14H12BrClN2O2. The van der Waals surface area contributed by atoms with Crippen molar-refractivity contribution in [1.29, 1.82) is 0 Å². The predicted molar refractivity (Wildman–Crippen MR) is 84.3 cm³/mol. The fourth-order valence-corrected chi connectivity index (χ4v) is 2.30. The Morgan fingerprint density at radius 1 is 1.25 bits per heavy atom. The Hall–Kier alpha value is -1.59. The van der Waals surface area contributed by atoms with Gasteiger partial charge in [0.25, 0.3) is 5.69 Å². The summed E-state index contributed by atoms with van der Waals surface area (Å²) >= 11 is 9.31. The van der Waals surface area contributed by atoms with E-state index in [9.17, 15) is 10.1 Å². The molecule has 0 radical (unpaired) electrons. The fraction of sp³-hybridized carbons (Fsp3) is 0.143. The van der Waals surface area contributed by atoms with Crippen LogP contribution in [0.1, 0.15) is 18.5 Å². The second kappa shape index (κ2) is 6.24. The van der Waals surface area contributed by atoms with Crippen LogP contribution in [0.5, 0.6) is 0 Å². The van der Waals surface area contributed by atoms with Gasteiger partial charge in [-0.15, -0.1) is 0 Å². The van der Waals surface area contributed by atoms with Crippen LogP contribution in [0.15, 0.2) is 46.9 Å². The summed E-state index contributed by atoms with van der Waals surface area (Å²) in [7, 11) is 0. The summed E-state index contributed by atoms with van der Waals surface area (Å²) in [6, 6.07) is 12.1. The lowest BCUT2D eigenvalue weighted by molar-refractivity contribution is -0.384. The first-order chi connectivity index (χ1) is 9.47. The molecule has 2 aromatic rings. The molecule has 0 aliphatic rings. The second-order valence-corrected chi connectivity index (χ2v) is 5.61. The Balaban J connectivity index is 2.12. The molecular weight excluding hydrogens is 344 g/mol. The predicted octanol–water partition coefficient (Wildman–Crippen LogP) is 5.18. The van der Waals surface area contributed by atoms with Gasteiger partial charge in [0.05, 0.1) is 9.95 Å². The van der Waals surface area contributed by atoms with Crippen molar-refractivity contribution in [3.8, 4) is 0 Å². The van der Waals surface area contributed by atoms with E-state index in [1.54, 1.807) is 18.2 Å². The maximum atomic E-state index is 10.6. The SMILES string of the molecule is CC(Nc1ccc(Cl)c(Br)c1)c1ccc([N+](=O)[O-])cc1. The molecule has 0 bridgehead atoms. The molecule has 0 aliphatic carbocycles. The minimum absolute atomic E-state index is 0.0314. The van der Waals surface area contributed by atoms with E-state index in [2.05, 4.69) is 21.2 Å². The van der Waals surface area contributed by atoms with E-state index in [4.69, 9.17) is 11.6 Å². The molecule has 6 heteroatoms. The minimum atomic E-state index is -0.405. The summed E-state index contributed by atoms with van der Waals surface area (Å²) in [6.07, 6.45) is 0. The van der Waals surface area contributed by atoms with Crippen molar-refractivity contribution in [3.63, 3.8) is 0 Å².